The molecule has 0 aromatic heterocycles. The first-order valence-electron chi connectivity index (χ1n) is 5.98. The van der Waals surface area contributed by atoms with Gasteiger partial charge in [-0.1, -0.05) is 6.07 Å². The summed E-state index contributed by atoms with van der Waals surface area (Å²) in [5.41, 5.74) is 0.0400. The van der Waals surface area contributed by atoms with Crippen molar-refractivity contribution in [3.05, 3.63) is 29.6 Å². The fourth-order valence-electron chi connectivity index (χ4n) is 2.21. The average molecular weight is 253 g/mol. The van der Waals surface area contributed by atoms with E-state index in [2.05, 4.69) is 5.32 Å². The van der Waals surface area contributed by atoms with Crippen molar-refractivity contribution in [3.63, 3.8) is 0 Å². The predicted octanol–water partition coefficient (Wildman–Crippen LogP) is 2.50. The summed E-state index contributed by atoms with van der Waals surface area (Å²) in [5.74, 6) is -1.97. The first kappa shape index (κ1) is 12.8. The van der Waals surface area contributed by atoms with E-state index in [9.17, 15) is 9.18 Å². The number of halogens is 1. The topological polar surface area (TPSA) is 58.6 Å². The zero-order valence-corrected chi connectivity index (χ0v) is 10.1. The van der Waals surface area contributed by atoms with Crippen LogP contribution < -0.4 is 5.32 Å². The van der Waals surface area contributed by atoms with Crippen molar-refractivity contribution in [1.29, 1.82) is 0 Å². The van der Waals surface area contributed by atoms with E-state index in [1.54, 1.807) is 6.07 Å². The van der Waals surface area contributed by atoms with Crippen LogP contribution in [-0.4, -0.2) is 29.8 Å². The Morgan fingerprint density at radius 1 is 1.56 bits per heavy atom. The highest BCUT2D eigenvalue weighted by molar-refractivity contribution is 5.94. The number of carboxylic acid groups (broad SMARTS) is 1. The first-order chi connectivity index (χ1) is 8.58. The van der Waals surface area contributed by atoms with E-state index in [0.717, 1.165) is 18.9 Å². The van der Waals surface area contributed by atoms with Crippen LogP contribution >= 0.6 is 0 Å². The van der Waals surface area contributed by atoms with Gasteiger partial charge < -0.3 is 15.2 Å². The molecule has 1 heterocycles. The fraction of sp³-hybridized carbons (Fsp3) is 0.462. The van der Waals surface area contributed by atoms with Crippen LogP contribution in [0.15, 0.2) is 18.2 Å². The molecule has 2 rings (SSSR count). The van der Waals surface area contributed by atoms with Gasteiger partial charge in [0.25, 0.3) is 0 Å². The van der Waals surface area contributed by atoms with Crippen LogP contribution in [0.2, 0.25) is 0 Å². The van der Waals surface area contributed by atoms with Crippen molar-refractivity contribution in [2.75, 3.05) is 11.9 Å². The molecule has 0 aliphatic carbocycles. The maximum absolute atomic E-state index is 13.5. The number of nitrogens with one attached hydrogen (secondary N) is 1. The molecule has 1 fully saturated rings. The monoisotopic (exact) mass is 253 g/mol. The molecule has 0 amide bonds. The standard InChI is InChI=1S/C13H16FNO3/c1-8-7-9(5-6-18-8)15-11-4-2-3-10(14)12(11)13(16)17/h2-4,8-9,15H,5-7H2,1H3,(H,16,17). The molecule has 0 spiro atoms. The van der Waals surface area contributed by atoms with E-state index >= 15 is 0 Å². The van der Waals surface area contributed by atoms with Crippen LogP contribution in [0.4, 0.5) is 10.1 Å². The summed E-state index contributed by atoms with van der Waals surface area (Å²) in [6.45, 7) is 2.61. The second-order valence-electron chi connectivity index (χ2n) is 4.51. The zero-order chi connectivity index (χ0) is 13.1. The molecule has 1 aliphatic heterocycles. The maximum Gasteiger partial charge on any atom is 0.340 e. The van der Waals surface area contributed by atoms with Crippen LogP contribution in [0.25, 0.3) is 0 Å². The molecule has 5 heteroatoms. The predicted molar refractivity (Wildman–Crippen MR) is 65.4 cm³/mol. The van der Waals surface area contributed by atoms with Gasteiger partial charge in [-0.25, -0.2) is 9.18 Å². The molecule has 4 nitrogen and oxygen atoms in total. The Morgan fingerprint density at radius 3 is 3.00 bits per heavy atom. The lowest BCUT2D eigenvalue weighted by molar-refractivity contribution is 0.0232. The van der Waals surface area contributed by atoms with Gasteiger partial charge in [0.2, 0.25) is 0 Å². The highest BCUT2D eigenvalue weighted by Crippen LogP contribution is 2.23. The summed E-state index contributed by atoms with van der Waals surface area (Å²) in [6, 6.07) is 4.37. The molecular weight excluding hydrogens is 237 g/mol. The molecule has 0 bridgehead atoms. The minimum Gasteiger partial charge on any atom is -0.478 e. The Kier molecular flexibility index (Phi) is 3.81. The Balaban J connectivity index is 2.18. The first-order valence-corrected chi connectivity index (χ1v) is 5.98. The Morgan fingerprint density at radius 2 is 2.33 bits per heavy atom. The average Bonchev–Trinajstić information content (AvgIpc) is 2.28. The number of aromatic carboxylic acids is 1. The van der Waals surface area contributed by atoms with Crippen LogP contribution in [0.5, 0.6) is 0 Å². The van der Waals surface area contributed by atoms with Gasteiger partial charge in [0.05, 0.1) is 11.8 Å². The summed E-state index contributed by atoms with van der Waals surface area (Å²) in [4.78, 5) is 11.0. The van der Waals surface area contributed by atoms with Crippen LogP contribution in [-0.2, 0) is 4.74 Å². The number of hydrogen-bond acceptors (Lipinski definition) is 3. The number of carboxylic acids is 1. The maximum atomic E-state index is 13.5. The smallest absolute Gasteiger partial charge is 0.340 e. The van der Waals surface area contributed by atoms with Gasteiger partial charge in [-0.3, -0.25) is 0 Å². The molecule has 0 radical (unpaired) electrons. The molecular formula is C13H16FNO3. The molecule has 98 valence electrons. The van der Waals surface area contributed by atoms with Gasteiger partial charge in [-0.15, -0.1) is 0 Å². The highest BCUT2D eigenvalue weighted by atomic mass is 19.1. The minimum atomic E-state index is -1.25. The highest BCUT2D eigenvalue weighted by Gasteiger charge is 2.22. The Hall–Kier alpha value is -1.62. The van der Waals surface area contributed by atoms with E-state index in [1.165, 1.54) is 6.07 Å². The second-order valence-corrected chi connectivity index (χ2v) is 4.51. The SMILES string of the molecule is CC1CC(Nc2cccc(F)c2C(=O)O)CCO1. The summed E-state index contributed by atoms with van der Waals surface area (Å²) < 4.78 is 18.9. The molecule has 1 aliphatic rings. The number of hydrogen-bond donors (Lipinski definition) is 2. The van der Waals surface area contributed by atoms with Crippen molar-refractivity contribution in [2.45, 2.75) is 31.9 Å². The van der Waals surface area contributed by atoms with Crippen LogP contribution in [0.1, 0.15) is 30.1 Å². The van der Waals surface area contributed by atoms with Gasteiger partial charge in [-0.05, 0) is 31.9 Å². The van der Waals surface area contributed by atoms with E-state index in [0.29, 0.717) is 12.3 Å². The van der Waals surface area contributed by atoms with E-state index in [4.69, 9.17) is 9.84 Å². The third kappa shape index (κ3) is 2.79. The molecule has 0 saturated carbocycles. The van der Waals surface area contributed by atoms with Crippen LogP contribution in [0.3, 0.4) is 0 Å². The van der Waals surface area contributed by atoms with Crippen LogP contribution in [0, 0.1) is 5.82 Å². The van der Waals surface area contributed by atoms with Gasteiger partial charge in [0.1, 0.15) is 11.4 Å². The molecule has 2 atom stereocenters. The van der Waals surface area contributed by atoms with Gasteiger partial charge in [-0.2, -0.15) is 0 Å². The zero-order valence-electron chi connectivity index (χ0n) is 10.1. The Bertz CT molecular complexity index is 450. The fourth-order valence-corrected chi connectivity index (χ4v) is 2.21. The molecule has 2 N–H and O–H groups in total. The lowest BCUT2D eigenvalue weighted by Crippen LogP contribution is -2.33. The lowest BCUT2D eigenvalue weighted by Gasteiger charge is -2.29. The quantitative estimate of drug-likeness (QED) is 0.869. The normalized spacial score (nSPS) is 23.7. The number of benzene rings is 1. The summed E-state index contributed by atoms with van der Waals surface area (Å²) in [6.07, 6.45) is 1.72. The third-order valence-electron chi connectivity index (χ3n) is 3.07. The van der Waals surface area contributed by atoms with Crippen molar-refractivity contribution < 1.29 is 19.0 Å². The Labute approximate surface area is 105 Å². The molecule has 1 saturated heterocycles. The molecule has 1 aromatic rings. The van der Waals surface area contributed by atoms with Crippen molar-refractivity contribution in [1.82, 2.24) is 0 Å². The van der Waals surface area contributed by atoms with E-state index < -0.39 is 11.8 Å². The largest absolute Gasteiger partial charge is 0.478 e. The third-order valence-corrected chi connectivity index (χ3v) is 3.07. The van der Waals surface area contributed by atoms with Gasteiger partial charge in [0, 0.05) is 12.6 Å². The van der Waals surface area contributed by atoms with Gasteiger partial charge >= 0.3 is 5.97 Å². The number of carbonyl (C=O) groups is 1. The number of rotatable bonds is 3. The van der Waals surface area contributed by atoms with E-state index in [-0.39, 0.29) is 17.7 Å². The molecule has 2 unspecified atom stereocenters. The lowest BCUT2D eigenvalue weighted by atomic mass is 10.0. The summed E-state index contributed by atoms with van der Waals surface area (Å²) in [5, 5.41) is 12.1. The number of ether oxygens (including phenoxy) is 1. The minimum absolute atomic E-state index is 0.119. The number of anilines is 1. The van der Waals surface area contributed by atoms with E-state index in [1.807, 2.05) is 6.92 Å². The molecule has 1 aromatic carbocycles. The van der Waals surface area contributed by atoms with Crippen molar-refractivity contribution >= 4 is 11.7 Å². The summed E-state index contributed by atoms with van der Waals surface area (Å²) >= 11 is 0. The van der Waals surface area contributed by atoms with Gasteiger partial charge in [0.15, 0.2) is 0 Å². The van der Waals surface area contributed by atoms with Crippen molar-refractivity contribution in [2.24, 2.45) is 0 Å². The second kappa shape index (κ2) is 5.35. The molecule has 18 heavy (non-hydrogen) atoms. The summed E-state index contributed by atoms with van der Waals surface area (Å²) in [7, 11) is 0. The van der Waals surface area contributed by atoms with Crippen molar-refractivity contribution in [3.8, 4) is 0 Å².